The van der Waals surface area contributed by atoms with Crippen LogP contribution in [-0.4, -0.2) is 41.0 Å². The monoisotopic (exact) mass is 216 g/mol. The maximum Gasteiger partial charge on any atom is 0.320 e. The van der Waals surface area contributed by atoms with Crippen molar-refractivity contribution in [1.29, 1.82) is 0 Å². The maximum absolute atomic E-state index is 10.9. The van der Waals surface area contributed by atoms with Gasteiger partial charge in [0, 0.05) is 6.61 Å². The third-order valence-corrected chi connectivity index (χ3v) is 2.83. The van der Waals surface area contributed by atoms with Gasteiger partial charge in [-0.1, -0.05) is 0 Å². The van der Waals surface area contributed by atoms with Gasteiger partial charge >= 0.3 is 5.97 Å². The lowest BCUT2D eigenvalue weighted by Gasteiger charge is -2.38. The second-order valence-electron chi connectivity index (χ2n) is 4.26. The number of aliphatic hydroxyl groups excluding tert-OH is 1. The smallest absolute Gasteiger partial charge is 0.320 e. The van der Waals surface area contributed by atoms with E-state index in [4.69, 9.17) is 10.2 Å². The first kappa shape index (κ1) is 12.4. The van der Waals surface area contributed by atoms with Crippen molar-refractivity contribution < 1.29 is 15.0 Å². The van der Waals surface area contributed by atoms with Crippen molar-refractivity contribution >= 4 is 5.97 Å². The first-order valence-corrected chi connectivity index (χ1v) is 5.44. The van der Waals surface area contributed by atoms with Gasteiger partial charge in [-0.2, -0.15) is 0 Å². The quantitative estimate of drug-likeness (QED) is 0.516. The van der Waals surface area contributed by atoms with Gasteiger partial charge in [-0.05, 0) is 39.2 Å². The van der Waals surface area contributed by atoms with Crippen LogP contribution in [0.3, 0.4) is 0 Å². The van der Waals surface area contributed by atoms with Crippen molar-refractivity contribution in [1.82, 2.24) is 10.6 Å². The van der Waals surface area contributed by atoms with E-state index in [-0.39, 0.29) is 18.7 Å². The van der Waals surface area contributed by atoms with Gasteiger partial charge in [-0.3, -0.25) is 15.4 Å². The van der Waals surface area contributed by atoms with Gasteiger partial charge in [0.2, 0.25) is 0 Å². The molecule has 0 aliphatic carbocycles. The van der Waals surface area contributed by atoms with Crippen LogP contribution in [0, 0.1) is 0 Å². The van der Waals surface area contributed by atoms with Crippen LogP contribution in [-0.2, 0) is 4.79 Å². The molecule has 0 radical (unpaired) electrons. The Morgan fingerprint density at radius 2 is 2.33 bits per heavy atom. The summed E-state index contributed by atoms with van der Waals surface area (Å²) in [5.74, 6) is -0.905. The number of piperidine rings is 1. The lowest BCUT2D eigenvalue weighted by molar-refractivity contribution is -0.140. The molecule has 0 aromatic rings. The van der Waals surface area contributed by atoms with Crippen LogP contribution in [0.15, 0.2) is 0 Å². The van der Waals surface area contributed by atoms with E-state index in [2.05, 4.69) is 10.6 Å². The van der Waals surface area contributed by atoms with Crippen LogP contribution in [0.5, 0.6) is 0 Å². The fraction of sp³-hybridized carbons (Fsp3) is 0.900. The highest BCUT2D eigenvalue weighted by atomic mass is 16.4. The van der Waals surface area contributed by atoms with E-state index in [1.54, 1.807) is 0 Å². The molecule has 15 heavy (non-hydrogen) atoms. The Hall–Kier alpha value is -0.650. The van der Waals surface area contributed by atoms with E-state index in [1.807, 2.05) is 6.92 Å². The number of nitrogens with one attached hydrogen (secondary N) is 2. The Morgan fingerprint density at radius 1 is 1.60 bits per heavy atom. The van der Waals surface area contributed by atoms with Crippen molar-refractivity contribution in [2.45, 2.75) is 44.3 Å². The van der Waals surface area contributed by atoms with E-state index < -0.39 is 12.0 Å². The Labute approximate surface area is 89.9 Å². The molecule has 5 nitrogen and oxygen atoms in total. The van der Waals surface area contributed by atoms with E-state index in [9.17, 15) is 4.79 Å². The van der Waals surface area contributed by atoms with Gasteiger partial charge in [0.1, 0.15) is 6.04 Å². The maximum atomic E-state index is 10.9. The summed E-state index contributed by atoms with van der Waals surface area (Å²) in [6.07, 6.45) is 3.39. The molecule has 0 spiro atoms. The molecule has 0 aromatic carbocycles. The first-order chi connectivity index (χ1) is 7.07. The van der Waals surface area contributed by atoms with Gasteiger partial charge in [0.15, 0.2) is 0 Å². The minimum Gasteiger partial charge on any atom is -0.480 e. The van der Waals surface area contributed by atoms with Crippen LogP contribution in [0.2, 0.25) is 0 Å². The Bertz CT molecular complexity index is 215. The zero-order valence-corrected chi connectivity index (χ0v) is 9.12. The highest BCUT2D eigenvalue weighted by molar-refractivity contribution is 5.73. The molecular weight excluding hydrogens is 196 g/mol. The zero-order valence-electron chi connectivity index (χ0n) is 9.12. The lowest BCUT2D eigenvalue weighted by Crippen LogP contribution is -2.61. The van der Waals surface area contributed by atoms with Gasteiger partial charge < -0.3 is 10.2 Å². The van der Waals surface area contributed by atoms with Gasteiger partial charge in [-0.25, -0.2) is 0 Å². The van der Waals surface area contributed by atoms with Crippen LogP contribution < -0.4 is 10.6 Å². The molecular formula is C10H20N2O3. The average molecular weight is 216 g/mol. The third-order valence-electron chi connectivity index (χ3n) is 2.83. The number of carbonyl (C=O) groups is 1. The average Bonchev–Trinajstić information content (AvgIpc) is 2.18. The second-order valence-corrected chi connectivity index (χ2v) is 4.26. The van der Waals surface area contributed by atoms with Crippen LogP contribution >= 0.6 is 0 Å². The topological polar surface area (TPSA) is 81.6 Å². The summed E-state index contributed by atoms with van der Waals surface area (Å²) >= 11 is 0. The number of carboxylic acids is 1. The Balaban J connectivity index is 2.51. The van der Waals surface area contributed by atoms with Gasteiger partial charge in [0.25, 0.3) is 0 Å². The molecule has 1 saturated heterocycles. The summed E-state index contributed by atoms with van der Waals surface area (Å²) in [4.78, 5) is 10.9. The molecule has 0 saturated carbocycles. The fourth-order valence-corrected chi connectivity index (χ4v) is 1.95. The third kappa shape index (κ3) is 3.77. The largest absolute Gasteiger partial charge is 0.480 e. The molecule has 1 aliphatic rings. The molecule has 1 aliphatic heterocycles. The molecule has 0 aromatic heterocycles. The molecule has 1 fully saturated rings. The highest BCUT2D eigenvalue weighted by Crippen LogP contribution is 2.16. The molecule has 5 heteroatoms. The predicted octanol–water partition coefficient (Wildman–Crippen LogP) is -0.0987. The van der Waals surface area contributed by atoms with E-state index in [0.717, 1.165) is 25.8 Å². The molecule has 88 valence electrons. The number of aliphatic hydroxyl groups is 1. The summed E-state index contributed by atoms with van der Waals surface area (Å²) in [6, 6.07) is -0.675. The van der Waals surface area contributed by atoms with Gasteiger partial charge in [0.05, 0.1) is 5.66 Å². The van der Waals surface area contributed by atoms with Crippen LogP contribution in [0.1, 0.15) is 32.6 Å². The Kier molecular flexibility index (Phi) is 4.50. The van der Waals surface area contributed by atoms with E-state index in [0.29, 0.717) is 0 Å². The number of aliphatic carboxylic acids is 1. The number of hydrogen-bond donors (Lipinski definition) is 4. The summed E-state index contributed by atoms with van der Waals surface area (Å²) in [5, 5.41) is 24.1. The molecule has 4 N–H and O–H groups in total. The standard InChI is InChI=1S/C10H20N2O3/c1-10(5-2-3-6-11-10)12-8(4-7-13)9(14)15/h8,11-13H,2-7H2,1H3,(H,14,15)/t8?,10-/m0/s1. The summed E-state index contributed by atoms with van der Waals surface area (Å²) < 4.78 is 0. The van der Waals surface area contributed by atoms with Crippen molar-refractivity contribution in [2.24, 2.45) is 0 Å². The first-order valence-electron chi connectivity index (χ1n) is 5.44. The number of rotatable bonds is 5. The minimum atomic E-state index is -0.905. The molecule has 2 atom stereocenters. The second kappa shape index (κ2) is 5.44. The van der Waals surface area contributed by atoms with Crippen molar-refractivity contribution in [3.63, 3.8) is 0 Å². The highest BCUT2D eigenvalue weighted by Gasteiger charge is 2.31. The fourth-order valence-electron chi connectivity index (χ4n) is 1.95. The number of carboxylic acid groups (broad SMARTS) is 1. The zero-order chi connectivity index (χ0) is 11.3. The van der Waals surface area contributed by atoms with E-state index in [1.165, 1.54) is 0 Å². The normalized spacial score (nSPS) is 28.7. The number of hydrogen-bond acceptors (Lipinski definition) is 4. The predicted molar refractivity (Wildman–Crippen MR) is 56.5 cm³/mol. The van der Waals surface area contributed by atoms with Crippen molar-refractivity contribution in [2.75, 3.05) is 13.2 Å². The lowest BCUT2D eigenvalue weighted by atomic mass is 9.98. The van der Waals surface area contributed by atoms with Crippen LogP contribution in [0.25, 0.3) is 0 Å². The summed E-state index contributed by atoms with van der Waals surface area (Å²) in [6.45, 7) is 2.77. The Morgan fingerprint density at radius 3 is 2.80 bits per heavy atom. The minimum absolute atomic E-state index is 0.111. The SMILES string of the molecule is C[C@]1(NC(CCO)C(=O)O)CCCCN1. The molecule has 0 bridgehead atoms. The van der Waals surface area contributed by atoms with Crippen molar-refractivity contribution in [3.8, 4) is 0 Å². The van der Waals surface area contributed by atoms with Gasteiger partial charge in [-0.15, -0.1) is 0 Å². The molecule has 0 amide bonds. The molecule has 1 heterocycles. The van der Waals surface area contributed by atoms with Crippen LogP contribution in [0.4, 0.5) is 0 Å². The molecule has 1 rings (SSSR count). The molecule has 1 unspecified atom stereocenters. The van der Waals surface area contributed by atoms with Crippen molar-refractivity contribution in [3.05, 3.63) is 0 Å². The van der Waals surface area contributed by atoms with E-state index >= 15 is 0 Å². The summed E-state index contributed by atoms with van der Waals surface area (Å²) in [7, 11) is 0. The summed E-state index contributed by atoms with van der Waals surface area (Å²) in [5.41, 5.74) is -0.309.